The van der Waals surface area contributed by atoms with Gasteiger partial charge in [-0.25, -0.2) is 9.78 Å². The maximum atomic E-state index is 10.7. The largest absolute Gasteiger partial charge is 0.477 e. The number of hydrogen-bond donors (Lipinski definition) is 2. The lowest BCUT2D eigenvalue weighted by Gasteiger charge is -2.05. The van der Waals surface area contributed by atoms with Crippen molar-refractivity contribution in [2.45, 2.75) is 6.92 Å². The van der Waals surface area contributed by atoms with E-state index in [1.807, 2.05) is 19.1 Å². The Hall–Kier alpha value is -2.43. The molecular formula is C12H11N3O2. The lowest BCUT2D eigenvalue weighted by atomic mass is 10.3. The highest BCUT2D eigenvalue weighted by atomic mass is 16.4. The molecule has 0 aromatic carbocycles. The van der Waals surface area contributed by atoms with E-state index in [9.17, 15) is 4.79 Å². The van der Waals surface area contributed by atoms with Gasteiger partial charge in [0.25, 0.3) is 0 Å². The van der Waals surface area contributed by atoms with E-state index >= 15 is 0 Å². The highest BCUT2D eigenvalue weighted by Crippen LogP contribution is 2.13. The molecule has 0 bridgehead atoms. The molecule has 2 N–H and O–H groups in total. The summed E-state index contributed by atoms with van der Waals surface area (Å²) in [6.07, 6.45) is 1.67. The molecule has 2 aromatic rings. The molecule has 0 aliphatic carbocycles. The summed E-state index contributed by atoms with van der Waals surface area (Å²) in [6, 6.07) is 8.51. The van der Waals surface area contributed by atoms with Crippen LogP contribution in [0, 0.1) is 6.92 Å². The van der Waals surface area contributed by atoms with Gasteiger partial charge in [0.15, 0.2) is 5.69 Å². The molecule has 2 heterocycles. The fraction of sp³-hybridized carbons (Fsp3) is 0.0833. The second-order valence-corrected chi connectivity index (χ2v) is 3.53. The molecule has 2 aromatic heterocycles. The van der Waals surface area contributed by atoms with Crippen LogP contribution >= 0.6 is 0 Å². The molecule has 0 aliphatic heterocycles. The zero-order valence-corrected chi connectivity index (χ0v) is 9.21. The summed E-state index contributed by atoms with van der Waals surface area (Å²) < 4.78 is 0. The standard InChI is InChI=1S/C12H11N3O2/c1-8-5-6-9(7-13-8)14-11-4-2-3-10(15-11)12(16)17/h2-7H,1H3,(H,14,15)(H,16,17). The molecular weight excluding hydrogens is 218 g/mol. The minimum Gasteiger partial charge on any atom is -0.477 e. The number of pyridine rings is 2. The summed E-state index contributed by atoms with van der Waals surface area (Å²) in [5.74, 6) is -0.564. The van der Waals surface area contributed by atoms with Crippen molar-refractivity contribution in [3.05, 3.63) is 47.9 Å². The molecule has 0 saturated heterocycles. The van der Waals surface area contributed by atoms with E-state index in [-0.39, 0.29) is 5.69 Å². The molecule has 17 heavy (non-hydrogen) atoms. The normalized spacial score (nSPS) is 9.94. The van der Waals surface area contributed by atoms with E-state index in [1.54, 1.807) is 18.3 Å². The van der Waals surface area contributed by atoms with Gasteiger partial charge >= 0.3 is 5.97 Å². The fourth-order valence-corrected chi connectivity index (χ4v) is 1.31. The van der Waals surface area contributed by atoms with E-state index < -0.39 is 5.97 Å². The summed E-state index contributed by atoms with van der Waals surface area (Å²) in [5, 5.41) is 11.8. The van der Waals surface area contributed by atoms with Gasteiger partial charge in [0, 0.05) is 5.69 Å². The molecule has 0 spiro atoms. The predicted molar refractivity (Wildman–Crippen MR) is 63.5 cm³/mol. The summed E-state index contributed by atoms with van der Waals surface area (Å²) in [4.78, 5) is 18.8. The number of nitrogens with zero attached hydrogens (tertiary/aromatic N) is 2. The second-order valence-electron chi connectivity index (χ2n) is 3.53. The number of hydrogen-bond acceptors (Lipinski definition) is 4. The first-order valence-corrected chi connectivity index (χ1v) is 5.05. The molecule has 0 unspecified atom stereocenters. The SMILES string of the molecule is Cc1ccc(Nc2cccc(C(=O)O)n2)cn1. The maximum Gasteiger partial charge on any atom is 0.354 e. The van der Waals surface area contributed by atoms with Crippen molar-refractivity contribution >= 4 is 17.5 Å². The molecule has 0 atom stereocenters. The third kappa shape index (κ3) is 2.78. The second kappa shape index (κ2) is 4.61. The molecule has 0 fully saturated rings. The summed E-state index contributed by atoms with van der Waals surface area (Å²) in [7, 11) is 0. The lowest BCUT2D eigenvalue weighted by molar-refractivity contribution is 0.0690. The number of carboxylic acid groups (broad SMARTS) is 1. The number of carboxylic acids is 1. The number of aromatic carboxylic acids is 1. The van der Waals surface area contributed by atoms with Gasteiger partial charge in [-0.15, -0.1) is 0 Å². The Bertz CT molecular complexity index is 538. The van der Waals surface area contributed by atoms with Crippen molar-refractivity contribution in [2.75, 3.05) is 5.32 Å². The van der Waals surface area contributed by atoms with Gasteiger partial charge in [0.1, 0.15) is 5.82 Å². The number of nitrogens with one attached hydrogen (secondary N) is 1. The van der Waals surface area contributed by atoms with Crippen molar-refractivity contribution in [3.63, 3.8) is 0 Å². The quantitative estimate of drug-likeness (QED) is 0.844. The minimum atomic E-state index is -1.05. The van der Waals surface area contributed by atoms with Crippen molar-refractivity contribution in [1.82, 2.24) is 9.97 Å². The van der Waals surface area contributed by atoms with Crippen molar-refractivity contribution in [1.29, 1.82) is 0 Å². The molecule has 5 nitrogen and oxygen atoms in total. The van der Waals surface area contributed by atoms with Crippen molar-refractivity contribution in [2.24, 2.45) is 0 Å². The van der Waals surface area contributed by atoms with Gasteiger partial charge in [0.2, 0.25) is 0 Å². The van der Waals surface area contributed by atoms with Gasteiger partial charge in [-0.3, -0.25) is 4.98 Å². The Labute approximate surface area is 98.2 Å². The molecule has 86 valence electrons. The third-order valence-electron chi connectivity index (χ3n) is 2.15. The first-order chi connectivity index (χ1) is 8.15. The van der Waals surface area contributed by atoms with Crippen LogP contribution in [0.4, 0.5) is 11.5 Å². The van der Waals surface area contributed by atoms with Crippen LogP contribution in [-0.2, 0) is 0 Å². The Morgan fingerprint density at radius 3 is 2.76 bits per heavy atom. The van der Waals surface area contributed by atoms with Crippen LogP contribution in [0.1, 0.15) is 16.2 Å². The van der Waals surface area contributed by atoms with Crippen LogP contribution in [-0.4, -0.2) is 21.0 Å². The van der Waals surface area contributed by atoms with Crippen LogP contribution in [0.15, 0.2) is 36.5 Å². The zero-order valence-electron chi connectivity index (χ0n) is 9.21. The van der Waals surface area contributed by atoms with Gasteiger partial charge in [-0.05, 0) is 31.2 Å². The Kier molecular flexibility index (Phi) is 3.00. The van der Waals surface area contributed by atoms with Gasteiger partial charge in [-0.2, -0.15) is 0 Å². The summed E-state index contributed by atoms with van der Waals surface area (Å²) in [6.45, 7) is 1.90. The molecule has 0 saturated carbocycles. The molecule has 0 amide bonds. The molecule has 0 radical (unpaired) electrons. The molecule has 0 aliphatic rings. The van der Waals surface area contributed by atoms with Crippen molar-refractivity contribution < 1.29 is 9.90 Å². The number of aromatic nitrogens is 2. The third-order valence-corrected chi connectivity index (χ3v) is 2.15. The highest BCUT2D eigenvalue weighted by molar-refractivity contribution is 5.85. The van der Waals surface area contributed by atoms with Gasteiger partial charge < -0.3 is 10.4 Å². The van der Waals surface area contributed by atoms with Crippen LogP contribution < -0.4 is 5.32 Å². The fourth-order valence-electron chi connectivity index (χ4n) is 1.31. The predicted octanol–water partition coefficient (Wildman–Crippen LogP) is 2.23. The number of aryl methyl sites for hydroxylation is 1. The van der Waals surface area contributed by atoms with E-state index in [0.717, 1.165) is 11.4 Å². The van der Waals surface area contributed by atoms with Gasteiger partial charge in [-0.1, -0.05) is 6.07 Å². The summed E-state index contributed by atoms with van der Waals surface area (Å²) in [5.41, 5.74) is 1.70. The van der Waals surface area contributed by atoms with Crippen LogP contribution in [0.2, 0.25) is 0 Å². The number of anilines is 2. The van der Waals surface area contributed by atoms with E-state index in [1.165, 1.54) is 6.07 Å². The van der Waals surface area contributed by atoms with E-state index in [4.69, 9.17) is 5.11 Å². The van der Waals surface area contributed by atoms with Gasteiger partial charge in [0.05, 0.1) is 11.9 Å². The topological polar surface area (TPSA) is 75.1 Å². The van der Waals surface area contributed by atoms with E-state index in [0.29, 0.717) is 5.82 Å². The Morgan fingerprint density at radius 2 is 2.12 bits per heavy atom. The number of rotatable bonds is 3. The lowest BCUT2D eigenvalue weighted by Crippen LogP contribution is -2.02. The monoisotopic (exact) mass is 229 g/mol. The van der Waals surface area contributed by atoms with Crippen molar-refractivity contribution in [3.8, 4) is 0 Å². The smallest absolute Gasteiger partial charge is 0.354 e. The highest BCUT2D eigenvalue weighted by Gasteiger charge is 2.04. The van der Waals surface area contributed by atoms with Crippen LogP contribution in [0.5, 0.6) is 0 Å². The Morgan fingerprint density at radius 1 is 1.29 bits per heavy atom. The minimum absolute atomic E-state index is 0.00932. The average Bonchev–Trinajstić information content (AvgIpc) is 2.32. The number of carbonyl (C=O) groups is 1. The zero-order chi connectivity index (χ0) is 12.3. The average molecular weight is 229 g/mol. The maximum absolute atomic E-state index is 10.7. The Balaban J connectivity index is 2.21. The summed E-state index contributed by atoms with van der Waals surface area (Å²) >= 11 is 0. The first kappa shape index (κ1) is 11.1. The first-order valence-electron chi connectivity index (χ1n) is 5.05. The van der Waals surface area contributed by atoms with E-state index in [2.05, 4.69) is 15.3 Å². The molecule has 5 heteroatoms. The van der Waals surface area contributed by atoms with Crippen LogP contribution in [0.25, 0.3) is 0 Å². The van der Waals surface area contributed by atoms with Crippen LogP contribution in [0.3, 0.4) is 0 Å². The molecule has 2 rings (SSSR count).